The molecule has 0 unspecified atom stereocenters. The number of fused-ring (bicyclic) bond motifs is 1. The average Bonchev–Trinajstić information content (AvgIpc) is 3.14. The summed E-state index contributed by atoms with van der Waals surface area (Å²) < 4.78 is 5.52. The summed E-state index contributed by atoms with van der Waals surface area (Å²) in [6.07, 6.45) is 10.8. The minimum Gasteiger partial charge on any atom is -0.496 e. The average molecular weight is 378 g/mol. The third-order valence-corrected chi connectivity index (χ3v) is 7.39. The third kappa shape index (κ3) is 4.12. The molecule has 0 aromatic heterocycles. The second kappa shape index (κ2) is 8.29. The molecule has 1 saturated carbocycles. The first-order valence-electron chi connectivity index (χ1n) is 11.1. The molecular formula is C26H35NO. The maximum absolute atomic E-state index is 6.54. The van der Waals surface area contributed by atoms with Crippen molar-refractivity contribution in [1.29, 1.82) is 0 Å². The minimum atomic E-state index is 0.0736. The zero-order chi connectivity index (χ0) is 19.6. The number of hydrogen-bond donors (Lipinski definition) is 1. The van der Waals surface area contributed by atoms with Crippen molar-refractivity contribution in [2.45, 2.75) is 76.2 Å². The molecule has 0 saturated heterocycles. The highest BCUT2D eigenvalue weighted by molar-refractivity contribution is 5.37. The van der Waals surface area contributed by atoms with Gasteiger partial charge in [-0.3, -0.25) is 0 Å². The summed E-state index contributed by atoms with van der Waals surface area (Å²) in [6, 6.07) is 15.8. The Hall–Kier alpha value is -1.80. The Morgan fingerprint density at radius 1 is 1.11 bits per heavy atom. The molecule has 28 heavy (non-hydrogen) atoms. The van der Waals surface area contributed by atoms with Crippen LogP contribution in [0.2, 0.25) is 0 Å². The second-order valence-electron chi connectivity index (χ2n) is 9.14. The summed E-state index contributed by atoms with van der Waals surface area (Å²) in [6.45, 7) is 2.24. The fourth-order valence-electron chi connectivity index (χ4n) is 5.38. The highest BCUT2D eigenvalue weighted by atomic mass is 16.5. The number of aryl methyl sites for hydroxylation is 2. The van der Waals surface area contributed by atoms with Crippen LogP contribution < -0.4 is 10.5 Å². The van der Waals surface area contributed by atoms with Crippen molar-refractivity contribution >= 4 is 0 Å². The number of para-hydroxylation sites is 1. The first-order valence-corrected chi connectivity index (χ1v) is 11.1. The monoisotopic (exact) mass is 377 g/mol. The van der Waals surface area contributed by atoms with E-state index in [1.54, 1.807) is 18.2 Å². The highest BCUT2D eigenvalue weighted by Crippen LogP contribution is 2.42. The molecule has 2 aromatic rings. The number of nitrogens with two attached hydrogens (primary N) is 1. The van der Waals surface area contributed by atoms with Gasteiger partial charge in [0.1, 0.15) is 5.75 Å². The van der Waals surface area contributed by atoms with Gasteiger partial charge >= 0.3 is 0 Å². The quantitative estimate of drug-likeness (QED) is 0.689. The summed E-state index contributed by atoms with van der Waals surface area (Å²) in [5.74, 6) is 2.48. The molecule has 0 radical (unpaired) electrons. The van der Waals surface area contributed by atoms with E-state index in [1.807, 2.05) is 0 Å². The maximum Gasteiger partial charge on any atom is 0.122 e. The van der Waals surface area contributed by atoms with E-state index in [-0.39, 0.29) is 5.54 Å². The molecule has 0 heterocycles. The molecule has 2 nitrogen and oxygen atoms in total. The third-order valence-electron chi connectivity index (χ3n) is 7.39. The van der Waals surface area contributed by atoms with Crippen molar-refractivity contribution in [2.75, 3.05) is 7.11 Å². The van der Waals surface area contributed by atoms with Crippen LogP contribution in [0.15, 0.2) is 42.5 Å². The molecule has 2 heteroatoms. The molecule has 0 amide bonds. The molecule has 2 aliphatic carbocycles. The lowest BCUT2D eigenvalue weighted by molar-refractivity contribution is 0.398. The van der Waals surface area contributed by atoms with Gasteiger partial charge in [0.15, 0.2) is 0 Å². The van der Waals surface area contributed by atoms with Gasteiger partial charge in [-0.1, -0.05) is 43.3 Å². The van der Waals surface area contributed by atoms with Gasteiger partial charge < -0.3 is 10.5 Å². The fourth-order valence-corrected chi connectivity index (χ4v) is 5.38. The van der Waals surface area contributed by atoms with E-state index < -0.39 is 0 Å². The zero-order valence-corrected chi connectivity index (χ0v) is 17.5. The van der Waals surface area contributed by atoms with E-state index in [1.165, 1.54) is 49.7 Å². The normalized spacial score (nSPS) is 26.8. The Bertz CT molecular complexity index is 814. The SMILES string of the molecule is CC[C@@]1(N)CC[C@H](c2ccc3c(c2)CC[C@@H](CCc2ccccc2OC)C3)C1. The van der Waals surface area contributed by atoms with Crippen LogP contribution in [0.5, 0.6) is 5.75 Å². The Labute approximate surface area is 170 Å². The smallest absolute Gasteiger partial charge is 0.122 e. The molecule has 0 spiro atoms. The van der Waals surface area contributed by atoms with Crippen LogP contribution in [0.4, 0.5) is 0 Å². The molecule has 2 aliphatic rings. The molecule has 2 aromatic carbocycles. The largest absolute Gasteiger partial charge is 0.496 e. The Morgan fingerprint density at radius 3 is 2.75 bits per heavy atom. The number of rotatable bonds is 6. The van der Waals surface area contributed by atoms with Crippen molar-refractivity contribution in [2.24, 2.45) is 11.7 Å². The molecule has 0 aliphatic heterocycles. The Kier molecular flexibility index (Phi) is 5.78. The van der Waals surface area contributed by atoms with Gasteiger partial charge in [0.05, 0.1) is 7.11 Å². The summed E-state index contributed by atoms with van der Waals surface area (Å²) >= 11 is 0. The summed E-state index contributed by atoms with van der Waals surface area (Å²) in [5.41, 5.74) is 12.7. The van der Waals surface area contributed by atoms with E-state index in [4.69, 9.17) is 10.5 Å². The van der Waals surface area contributed by atoms with Crippen molar-refractivity contribution in [1.82, 2.24) is 0 Å². The van der Waals surface area contributed by atoms with Gasteiger partial charge in [0.25, 0.3) is 0 Å². The summed E-state index contributed by atoms with van der Waals surface area (Å²) in [4.78, 5) is 0. The number of benzene rings is 2. The van der Waals surface area contributed by atoms with E-state index >= 15 is 0 Å². The predicted molar refractivity (Wildman–Crippen MR) is 117 cm³/mol. The van der Waals surface area contributed by atoms with Crippen LogP contribution in [-0.2, 0) is 19.3 Å². The van der Waals surface area contributed by atoms with Crippen molar-refractivity contribution in [3.8, 4) is 5.75 Å². The fraction of sp³-hybridized carbons (Fsp3) is 0.538. The molecule has 2 N–H and O–H groups in total. The van der Waals surface area contributed by atoms with Crippen LogP contribution >= 0.6 is 0 Å². The molecule has 150 valence electrons. The maximum atomic E-state index is 6.54. The van der Waals surface area contributed by atoms with Gasteiger partial charge in [-0.05, 0) is 97.9 Å². The van der Waals surface area contributed by atoms with Crippen molar-refractivity contribution < 1.29 is 4.74 Å². The van der Waals surface area contributed by atoms with Gasteiger partial charge in [0.2, 0.25) is 0 Å². The predicted octanol–water partition coefficient (Wildman–Crippen LogP) is 5.81. The van der Waals surface area contributed by atoms with Gasteiger partial charge in [-0.15, -0.1) is 0 Å². The molecule has 1 fully saturated rings. The first kappa shape index (κ1) is 19.5. The standard InChI is InChI=1S/C26H35NO/c1-3-26(27)15-14-24(18-26)23-13-12-21-16-19(9-11-22(21)17-23)8-10-20-6-4-5-7-25(20)28-2/h4-7,12-13,17,19,24H,3,8-11,14-16,18,27H2,1-2H3/t19-,24+,26-/m1/s1. The number of hydrogen-bond acceptors (Lipinski definition) is 2. The second-order valence-corrected chi connectivity index (χ2v) is 9.14. The topological polar surface area (TPSA) is 35.2 Å². The van der Waals surface area contributed by atoms with Gasteiger partial charge in [-0.2, -0.15) is 0 Å². The Balaban J connectivity index is 1.38. The molecule has 4 rings (SSSR count). The van der Waals surface area contributed by atoms with Crippen LogP contribution in [0.1, 0.15) is 73.6 Å². The minimum absolute atomic E-state index is 0.0736. The van der Waals surface area contributed by atoms with Crippen LogP contribution in [0.25, 0.3) is 0 Å². The van der Waals surface area contributed by atoms with Gasteiger partial charge in [0, 0.05) is 5.54 Å². The lowest BCUT2D eigenvalue weighted by Gasteiger charge is -2.26. The van der Waals surface area contributed by atoms with Crippen LogP contribution in [0, 0.1) is 5.92 Å². The zero-order valence-electron chi connectivity index (χ0n) is 17.5. The van der Waals surface area contributed by atoms with E-state index in [2.05, 4.69) is 49.4 Å². The first-order chi connectivity index (χ1) is 13.6. The number of methoxy groups -OCH3 is 1. The highest BCUT2D eigenvalue weighted by Gasteiger charge is 2.35. The van der Waals surface area contributed by atoms with E-state index in [9.17, 15) is 0 Å². The number of ether oxygens (including phenoxy) is 1. The summed E-state index contributed by atoms with van der Waals surface area (Å²) in [5, 5.41) is 0. The van der Waals surface area contributed by atoms with Crippen LogP contribution in [0.3, 0.4) is 0 Å². The summed E-state index contributed by atoms with van der Waals surface area (Å²) in [7, 11) is 1.77. The molecular weight excluding hydrogens is 342 g/mol. The van der Waals surface area contributed by atoms with Crippen LogP contribution in [-0.4, -0.2) is 12.6 Å². The lowest BCUT2D eigenvalue weighted by atomic mass is 9.79. The van der Waals surface area contributed by atoms with Crippen molar-refractivity contribution in [3.05, 3.63) is 64.7 Å². The van der Waals surface area contributed by atoms with E-state index in [0.29, 0.717) is 5.92 Å². The molecule has 3 atom stereocenters. The van der Waals surface area contributed by atoms with Crippen molar-refractivity contribution in [3.63, 3.8) is 0 Å². The Morgan fingerprint density at radius 2 is 1.96 bits per heavy atom. The van der Waals surface area contributed by atoms with Gasteiger partial charge in [-0.25, -0.2) is 0 Å². The lowest BCUT2D eigenvalue weighted by Crippen LogP contribution is -2.35. The molecule has 0 bridgehead atoms. The van der Waals surface area contributed by atoms with E-state index in [0.717, 1.165) is 30.9 Å².